The standard InChI is InChI=1S/C53H67N7O9/c1-28(66-5)45(57-51(64)68-7)49(62)59-41-15-11-9-13-32(41)25-43(59)47-55-39-22-18-31(24-40(39)56-47)30-17-20-35-36-21-19-34(27-38(36)53(3,4)37(35)23-30)54-48(61)44-26-33-14-10-12-16-42(33)60(44)50(63)46(29(2)67-6)58-52(65)69-8/h17-24,27-29,32-33,41-46H,9-16,25-26H2,1-8H3,(H,54,61)(H,55,56)(H,57,64)(H,58,65)/t28-,29-,32+,33+,41+,42+,43+,44+,45+,46+/m1/s1. The third kappa shape index (κ3) is 8.83. The van der Waals surface area contributed by atoms with E-state index in [1.807, 2.05) is 17.0 Å². The molecule has 0 unspecified atom stereocenters. The molecular weight excluding hydrogens is 879 g/mol. The van der Waals surface area contributed by atoms with E-state index in [0.717, 1.165) is 102 Å². The number of nitrogens with zero attached hydrogens (tertiary/aromatic N) is 3. The number of nitrogens with one attached hydrogen (secondary N) is 4. The number of carbonyl (C=O) groups is 5. The summed E-state index contributed by atoms with van der Waals surface area (Å²) in [6, 6.07) is 15.9. The first-order valence-electron chi connectivity index (χ1n) is 24.7. The zero-order valence-corrected chi connectivity index (χ0v) is 41.1. The topological polar surface area (TPSA) is 194 Å². The van der Waals surface area contributed by atoms with Crippen molar-refractivity contribution in [1.29, 1.82) is 0 Å². The molecule has 4 aromatic rings. The molecule has 4 N–H and O–H groups in total. The molecule has 16 heteroatoms. The van der Waals surface area contributed by atoms with Crippen LogP contribution in [0.4, 0.5) is 15.3 Å². The molecule has 1 aromatic heterocycles. The lowest BCUT2D eigenvalue weighted by Crippen LogP contribution is -2.58. The second kappa shape index (κ2) is 19.4. The minimum absolute atomic E-state index is 0.0384. The molecule has 4 fully saturated rings. The number of hydrogen-bond donors (Lipinski definition) is 4. The van der Waals surface area contributed by atoms with Crippen LogP contribution in [0.15, 0.2) is 54.6 Å². The molecule has 5 aliphatic rings. The monoisotopic (exact) mass is 946 g/mol. The van der Waals surface area contributed by atoms with E-state index in [9.17, 15) is 24.0 Å². The number of aromatic nitrogens is 2. The van der Waals surface area contributed by atoms with Gasteiger partial charge < -0.3 is 49.7 Å². The molecule has 368 valence electrons. The van der Waals surface area contributed by atoms with Crippen LogP contribution in [0.25, 0.3) is 33.3 Å². The molecular formula is C53H67N7O9. The minimum Gasteiger partial charge on any atom is -0.453 e. The molecule has 3 heterocycles. The number of amides is 5. The Kier molecular flexibility index (Phi) is 13.5. The van der Waals surface area contributed by atoms with Crippen LogP contribution in [0.3, 0.4) is 0 Å². The van der Waals surface area contributed by atoms with E-state index in [1.54, 1.807) is 18.7 Å². The Bertz CT molecular complexity index is 2630. The zero-order valence-electron chi connectivity index (χ0n) is 41.1. The number of H-pyrrole nitrogens is 1. The van der Waals surface area contributed by atoms with Crippen molar-refractivity contribution in [3.63, 3.8) is 0 Å². The summed E-state index contributed by atoms with van der Waals surface area (Å²) < 4.78 is 20.8. The van der Waals surface area contributed by atoms with Gasteiger partial charge in [0.05, 0.1) is 43.5 Å². The van der Waals surface area contributed by atoms with Gasteiger partial charge in [-0.3, -0.25) is 14.4 Å². The van der Waals surface area contributed by atoms with Crippen LogP contribution >= 0.6 is 0 Å². The average Bonchev–Trinajstić information content (AvgIpc) is 4.13. The van der Waals surface area contributed by atoms with E-state index < -0.39 is 47.9 Å². The highest BCUT2D eigenvalue weighted by Gasteiger charge is 2.51. The summed E-state index contributed by atoms with van der Waals surface area (Å²) in [5.41, 5.74) is 8.47. The molecule has 3 aromatic carbocycles. The fourth-order valence-electron chi connectivity index (χ4n) is 12.3. The maximum absolute atomic E-state index is 14.5. The van der Waals surface area contributed by atoms with Gasteiger partial charge in [0, 0.05) is 37.4 Å². The van der Waals surface area contributed by atoms with Crippen LogP contribution in [0, 0.1) is 11.8 Å². The van der Waals surface area contributed by atoms with Gasteiger partial charge in [0.1, 0.15) is 23.9 Å². The van der Waals surface area contributed by atoms with Gasteiger partial charge in [-0.1, -0.05) is 63.8 Å². The first kappa shape index (κ1) is 48.0. The number of imidazole rings is 1. The van der Waals surface area contributed by atoms with Crippen LogP contribution in [0.1, 0.15) is 115 Å². The minimum atomic E-state index is -1.02. The lowest BCUT2D eigenvalue weighted by molar-refractivity contribution is -0.143. The summed E-state index contributed by atoms with van der Waals surface area (Å²) in [5, 5.41) is 8.59. The third-order valence-electron chi connectivity index (χ3n) is 16.2. The quantitative estimate of drug-likeness (QED) is 0.108. The summed E-state index contributed by atoms with van der Waals surface area (Å²) in [4.78, 5) is 80.4. The van der Waals surface area contributed by atoms with Crippen molar-refractivity contribution in [2.24, 2.45) is 11.8 Å². The molecule has 0 spiro atoms. The van der Waals surface area contributed by atoms with Crippen molar-refractivity contribution in [2.75, 3.05) is 33.8 Å². The maximum atomic E-state index is 14.5. The van der Waals surface area contributed by atoms with Crippen molar-refractivity contribution in [1.82, 2.24) is 30.4 Å². The maximum Gasteiger partial charge on any atom is 0.407 e. The SMILES string of the molecule is COC(=O)N[C@H](C(=O)N1[C@H](C(=O)Nc2ccc3c(c2)C(C)(C)c2cc(-c4ccc5nc([C@@H]6C[C@@H]7CCCC[C@@H]7N6C(=O)[C@@H](NC(=O)OC)[C@@H](C)OC)[nH]c5c4)ccc2-3)C[C@@H]2CCCC[C@@H]21)[C@@H](C)OC. The predicted molar refractivity (Wildman–Crippen MR) is 260 cm³/mol. The number of fused-ring (bicyclic) bond motifs is 6. The van der Waals surface area contributed by atoms with Crippen molar-refractivity contribution in [2.45, 2.75) is 146 Å². The molecule has 10 atom stereocenters. The van der Waals surface area contributed by atoms with Crippen LogP contribution in [-0.2, 0) is 38.7 Å². The number of anilines is 1. The predicted octanol–water partition coefficient (Wildman–Crippen LogP) is 7.99. The summed E-state index contributed by atoms with van der Waals surface area (Å²) >= 11 is 0. The van der Waals surface area contributed by atoms with Gasteiger partial charge in [0.25, 0.3) is 0 Å². The second-order valence-electron chi connectivity index (χ2n) is 20.3. The average molecular weight is 946 g/mol. The Morgan fingerprint density at radius 1 is 0.681 bits per heavy atom. The summed E-state index contributed by atoms with van der Waals surface area (Å²) in [7, 11) is 5.55. The highest BCUT2D eigenvalue weighted by Crippen LogP contribution is 2.51. The fourth-order valence-corrected chi connectivity index (χ4v) is 12.3. The molecule has 16 nitrogen and oxygen atoms in total. The molecule has 9 rings (SSSR count). The number of methoxy groups -OCH3 is 4. The van der Waals surface area contributed by atoms with Crippen molar-refractivity contribution in [3.8, 4) is 22.3 Å². The first-order valence-corrected chi connectivity index (χ1v) is 24.7. The number of hydrogen-bond acceptors (Lipinski definition) is 10. The summed E-state index contributed by atoms with van der Waals surface area (Å²) in [6.45, 7) is 7.90. The third-order valence-corrected chi connectivity index (χ3v) is 16.2. The lowest BCUT2D eigenvalue weighted by Gasteiger charge is -2.37. The number of alkyl carbamates (subject to hydrolysis) is 2. The molecule has 5 amide bonds. The van der Waals surface area contributed by atoms with Crippen molar-refractivity contribution >= 4 is 46.6 Å². The van der Waals surface area contributed by atoms with E-state index in [0.29, 0.717) is 18.0 Å². The van der Waals surface area contributed by atoms with Gasteiger partial charge >= 0.3 is 12.2 Å². The Labute approximate surface area is 403 Å². The molecule has 0 bridgehead atoms. The van der Waals surface area contributed by atoms with Crippen LogP contribution < -0.4 is 16.0 Å². The number of ether oxygens (including phenoxy) is 4. The largest absolute Gasteiger partial charge is 0.453 e. The molecule has 0 radical (unpaired) electrons. The number of carbonyl (C=O) groups excluding carboxylic acids is 5. The van der Waals surface area contributed by atoms with Gasteiger partial charge in [0.15, 0.2) is 0 Å². The molecule has 3 aliphatic carbocycles. The van der Waals surface area contributed by atoms with Gasteiger partial charge in [-0.15, -0.1) is 0 Å². The van der Waals surface area contributed by atoms with E-state index in [1.165, 1.54) is 34.0 Å². The van der Waals surface area contributed by atoms with Crippen molar-refractivity contribution in [3.05, 3.63) is 71.5 Å². The van der Waals surface area contributed by atoms with E-state index >= 15 is 0 Å². The van der Waals surface area contributed by atoms with E-state index in [2.05, 4.69) is 77.2 Å². The number of benzene rings is 3. The summed E-state index contributed by atoms with van der Waals surface area (Å²) in [5.74, 6) is 0.449. The Hall–Kier alpha value is -6.00. The summed E-state index contributed by atoms with van der Waals surface area (Å²) in [6.07, 6.45) is 6.54. The second-order valence-corrected chi connectivity index (χ2v) is 20.3. The zero-order chi connectivity index (χ0) is 48.9. The number of rotatable bonds is 12. The van der Waals surface area contributed by atoms with E-state index in [4.69, 9.17) is 23.9 Å². The van der Waals surface area contributed by atoms with Gasteiger partial charge in [-0.05, 0) is 128 Å². The molecule has 2 saturated carbocycles. The highest BCUT2D eigenvalue weighted by molar-refractivity contribution is 6.00. The first-order chi connectivity index (χ1) is 33.2. The van der Waals surface area contributed by atoms with Crippen molar-refractivity contribution < 1.29 is 42.9 Å². The highest BCUT2D eigenvalue weighted by atomic mass is 16.5. The number of likely N-dealkylation sites (tertiary alicyclic amines) is 2. The smallest absolute Gasteiger partial charge is 0.407 e. The van der Waals surface area contributed by atoms with Gasteiger partial charge in [-0.25, -0.2) is 14.6 Å². The molecule has 2 aliphatic heterocycles. The van der Waals surface area contributed by atoms with Crippen LogP contribution in [0.5, 0.6) is 0 Å². The van der Waals surface area contributed by atoms with E-state index in [-0.39, 0.29) is 41.8 Å². The molecule has 2 saturated heterocycles. The lowest BCUT2D eigenvalue weighted by atomic mass is 9.81. The Morgan fingerprint density at radius 2 is 1.22 bits per heavy atom. The van der Waals surface area contributed by atoms with Crippen LogP contribution in [0.2, 0.25) is 0 Å². The fraction of sp³-hybridized carbons (Fsp3) is 0.547. The van der Waals surface area contributed by atoms with Gasteiger partial charge in [0.2, 0.25) is 17.7 Å². The van der Waals surface area contributed by atoms with Gasteiger partial charge in [-0.2, -0.15) is 0 Å². The molecule has 69 heavy (non-hydrogen) atoms. The Morgan fingerprint density at radius 3 is 1.84 bits per heavy atom. The normalized spacial score (nSPS) is 25.0. The number of aromatic amines is 1. The Balaban J connectivity index is 0.955. The van der Waals surface area contributed by atoms with Crippen LogP contribution in [-0.4, -0.2) is 121 Å².